The van der Waals surface area contributed by atoms with Crippen LogP contribution in [0.3, 0.4) is 0 Å². The Bertz CT molecular complexity index is 585. The number of aliphatic hydroxyl groups is 1. The normalized spacial score (nSPS) is 12.2. The maximum atomic E-state index is 11.2. The van der Waals surface area contributed by atoms with Gasteiger partial charge in [-0.2, -0.15) is 0 Å². The van der Waals surface area contributed by atoms with Crippen molar-refractivity contribution in [2.75, 3.05) is 14.2 Å². The summed E-state index contributed by atoms with van der Waals surface area (Å²) >= 11 is 0. The van der Waals surface area contributed by atoms with Gasteiger partial charge in [-0.15, -0.1) is 0 Å². The number of hydrogen-bond acceptors (Lipinski definition) is 6. The van der Waals surface area contributed by atoms with Crippen molar-refractivity contribution < 1.29 is 19.4 Å². The summed E-state index contributed by atoms with van der Waals surface area (Å²) in [5.41, 5.74) is 1.60. The van der Waals surface area contributed by atoms with Crippen LogP contribution >= 0.6 is 0 Å². The van der Waals surface area contributed by atoms with E-state index in [1.165, 1.54) is 20.4 Å². The van der Waals surface area contributed by atoms with Crippen LogP contribution in [0.25, 0.3) is 11.0 Å². The molecule has 0 radical (unpaired) electrons. The van der Waals surface area contributed by atoms with Gasteiger partial charge >= 0.3 is 5.97 Å². The second-order valence-electron chi connectivity index (χ2n) is 3.59. The molecule has 0 spiro atoms. The molecule has 6 heteroatoms. The average molecular weight is 248 g/mol. The molecule has 0 saturated heterocycles. The molecule has 1 aromatic carbocycles. The molecule has 2 aromatic rings. The lowest BCUT2D eigenvalue weighted by molar-refractivity contribution is -0.150. The molecule has 2 rings (SSSR count). The van der Waals surface area contributed by atoms with Gasteiger partial charge in [0.25, 0.3) is 0 Å². The third-order valence-corrected chi connectivity index (χ3v) is 2.49. The van der Waals surface area contributed by atoms with E-state index in [2.05, 4.69) is 14.7 Å². The van der Waals surface area contributed by atoms with E-state index in [1.807, 2.05) is 0 Å². The number of methoxy groups -OCH3 is 2. The number of rotatable bonds is 3. The number of ether oxygens (including phenoxy) is 2. The Balaban J connectivity index is 2.42. The fourth-order valence-corrected chi connectivity index (χ4v) is 1.53. The summed E-state index contributed by atoms with van der Waals surface area (Å²) in [4.78, 5) is 19.5. The maximum Gasteiger partial charge on any atom is 0.339 e. The van der Waals surface area contributed by atoms with Gasteiger partial charge in [0, 0.05) is 0 Å². The quantitative estimate of drug-likeness (QED) is 0.811. The summed E-state index contributed by atoms with van der Waals surface area (Å²) in [6, 6.07) is 4.84. The number of carbonyl (C=O) groups excluding carboxylic acids is 1. The van der Waals surface area contributed by atoms with Gasteiger partial charge in [0.15, 0.2) is 6.10 Å². The Kier molecular flexibility index (Phi) is 3.38. The predicted molar refractivity (Wildman–Crippen MR) is 63.1 cm³/mol. The third kappa shape index (κ3) is 2.23. The molecule has 6 nitrogen and oxygen atoms in total. The number of benzene rings is 1. The molecule has 1 N–H and O–H groups in total. The van der Waals surface area contributed by atoms with Gasteiger partial charge in [-0.1, -0.05) is 6.07 Å². The zero-order chi connectivity index (χ0) is 13.1. The summed E-state index contributed by atoms with van der Waals surface area (Å²) in [6.07, 6.45) is 0.152. The Morgan fingerprint density at radius 1 is 1.33 bits per heavy atom. The second kappa shape index (κ2) is 4.97. The van der Waals surface area contributed by atoms with Crippen LogP contribution in [-0.2, 0) is 9.53 Å². The molecular formula is C12H12N2O4. The molecule has 1 heterocycles. The van der Waals surface area contributed by atoms with Crippen LogP contribution in [0.15, 0.2) is 24.4 Å². The van der Waals surface area contributed by atoms with E-state index in [0.29, 0.717) is 22.5 Å². The van der Waals surface area contributed by atoms with E-state index in [9.17, 15) is 9.90 Å². The van der Waals surface area contributed by atoms with E-state index >= 15 is 0 Å². The monoisotopic (exact) mass is 248 g/mol. The molecule has 0 aliphatic rings. The fourth-order valence-electron chi connectivity index (χ4n) is 1.53. The Morgan fingerprint density at radius 2 is 2.11 bits per heavy atom. The van der Waals surface area contributed by atoms with Crippen molar-refractivity contribution in [1.29, 1.82) is 0 Å². The minimum absolute atomic E-state index is 0.406. The topological polar surface area (TPSA) is 81.5 Å². The summed E-state index contributed by atoms with van der Waals surface area (Å²) in [5.74, 6) is -0.306. The van der Waals surface area contributed by atoms with E-state index in [-0.39, 0.29) is 0 Å². The van der Waals surface area contributed by atoms with Gasteiger partial charge in [0.2, 0.25) is 5.88 Å². The lowest BCUT2D eigenvalue weighted by Crippen LogP contribution is -2.13. The molecule has 94 valence electrons. The van der Waals surface area contributed by atoms with Crippen LogP contribution in [0.1, 0.15) is 11.7 Å². The van der Waals surface area contributed by atoms with Gasteiger partial charge in [-0.3, -0.25) is 0 Å². The van der Waals surface area contributed by atoms with Crippen molar-refractivity contribution in [2.45, 2.75) is 6.10 Å². The Labute approximate surface area is 103 Å². The Morgan fingerprint density at radius 3 is 2.78 bits per heavy atom. The van der Waals surface area contributed by atoms with Crippen molar-refractivity contribution in [3.63, 3.8) is 0 Å². The number of fused-ring (bicyclic) bond motifs is 1. The summed E-state index contributed by atoms with van der Waals surface area (Å²) in [7, 11) is 2.72. The molecule has 0 aliphatic carbocycles. The van der Waals surface area contributed by atoms with Crippen molar-refractivity contribution in [3.05, 3.63) is 30.0 Å². The highest BCUT2D eigenvalue weighted by Crippen LogP contribution is 2.20. The molecular weight excluding hydrogens is 236 g/mol. The van der Waals surface area contributed by atoms with Crippen LogP contribution in [0.4, 0.5) is 0 Å². The van der Waals surface area contributed by atoms with Crippen LogP contribution in [0.5, 0.6) is 5.88 Å². The van der Waals surface area contributed by atoms with Crippen LogP contribution in [0, 0.1) is 0 Å². The average Bonchev–Trinajstić information content (AvgIpc) is 2.44. The number of nitrogens with zero attached hydrogens (tertiary/aromatic N) is 2. The number of hydrogen-bond donors (Lipinski definition) is 1. The first-order valence-corrected chi connectivity index (χ1v) is 5.22. The molecule has 1 atom stereocenters. The SMILES string of the molecule is COC(=O)C(O)c1ccc2nc(OC)cnc2c1. The van der Waals surface area contributed by atoms with Gasteiger partial charge in [0.05, 0.1) is 31.4 Å². The molecule has 1 unspecified atom stereocenters. The molecule has 1 aromatic heterocycles. The van der Waals surface area contributed by atoms with E-state index in [0.717, 1.165) is 0 Å². The number of aromatic nitrogens is 2. The molecule has 18 heavy (non-hydrogen) atoms. The van der Waals surface area contributed by atoms with E-state index < -0.39 is 12.1 Å². The van der Waals surface area contributed by atoms with Gasteiger partial charge in [-0.05, 0) is 17.7 Å². The highest BCUT2D eigenvalue weighted by molar-refractivity contribution is 5.80. The smallest absolute Gasteiger partial charge is 0.339 e. The second-order valence-corrected chi connectivity index (χ2v) is 3.59. The maximum absolute atomic E-state index is 11.2. The minimum Gasteiger partial charge on any atom is -0.480 e. The molecule has 0 bridgehead atoms. The van der Waals surface area contributed by atoms with Gasteiger partial charge < -0.3 is 14.6 Å². The van der Waals surface area contributed by atoms with Crippen LogP contribution in [-0.4, -0.2) is 35.3 Å². The first-order chi connectivity index (χ1) is 8.65. The van der Waals surface area contributed by atoms with Crippen molar-refractivity contribution in [1.82, 2.24) is 9.97 Å². The lowest BCUT2D eigenvalue weighted by Gasteiger charge is -2.09. The molecule has 0 fully saturated rings. The van der Waals surface area contributed by atoms with Gasteiger partial charge in [-0.25, -0.2) is 14.8 Å². The first-order valence-electron chi connectivity index (χ1n) is 5.22. The Hall–Kier alpha value is -2.21. The molecule has 0 saturated carbocycles. The first kappa shape index (κ1) is 12.3. The van der Waals surface area contributed by atoms with Crippen molar-refractivity contribution in [3.8, 4) is 5.88 Å². The lowest BCUT2D eigenvalue weighted by atomic mass is 10.1. The number of aliphatic hydroxyl groups excluding tert-OH is 1. The third-order valence-electron chi connectivity index (χ3n) is 2.49. The van der Waals surface area contributed by atoms with Crippen LogP contribution < -0.4 is 4.74 Å². The van der Waals surface area contributed by atoms with Crippen molar-refractivity contribution >= 4 is 17.0 Å². The highest BCUT2D eigenvalue weighted by Gasteiger charge is 2.18. The minimum atomic E-state index is -1.32. The summed E-state index contributed by atoms with van der Waals surface area (Å²) < 4.78 is 9.43. The van der Waals surface area contributed by atoms with Crippen LogP contribution in [0.2, 0.25) is 0 Å². The number of esters is 1. The van der Waals surface area contributed by atoms with Gasteiger partial charge in [0.1, 0.15) is 0 Å². The molecule has 0 aliphatic heterocycles. The largest absolute Gasteiger partial charge is 0.480 e. The summed E-state index contributed by atoms with van der Waals surface area (Å²) in [5, 5.41) is 9.70. The highest BCUT2D eigenvalue weighted by atomic mass is 16.5. The predicted octanol–water partition coefficient (Wildman–Crippen LogP) is 0.845. The van der Waals surface area contributed by atoms with E-state index in [4.69, 9.17) is 4.74 Å². The van der Waals surface area contributed by atoms with E-state index in [1.54, 1.807) is 18.2 Å². The fraction of sp³-hybridized carbons (Fsp3) is 0.250. The summed E-state index contributed by atoms with van der Waals surface area (Å²) in [6.45, 7) is 0. The zero-order valence-corrected chi connectivity index (χ0v) is 9.95. The van der Waals surface area contributed by atoms with Crippen molar-refractivity contribution in [2.24, 2.45) is 0 Å². The number of carbonyl (C=O) groups is 1. The zero-order valence-electron chi connectivity index (χ0n) is 9.95. The standard InChI is InChI=1S/C12H12N2O4/c1-17-10-6-13-9-5-7(3-4-8(9)14-10)11(15)12(16)18-2/h3-6,11,15H,1-2H3. The molecule has 0 amide bonds.